The third-order valence-corrected chi connectivity index (χ3v) is 7.18. The van der Waals surface area contributed by atoms with Gasteiger partial charge < -0.3 is 14.7 Å². The van der Waals surface area contributed by atoms with E-state index in [0.717, 1.165) is 29.8 Å². The molecular formula is C26H33FN4O2. The van der Waals surface area contributed by atoms with Crippen LogP contribution in [0.3, 0.4) is 0 Å². The number of amides is 2. The Morgan fingerprint density at radius 2 is 1.91 bits per heavy atom. The van der Waals surface area contributed by atoms with E-state index in [1.165, 1.54) is 12.1 Å². The molecule has 6 nitrogen and oxygen atoms in total. The van der Waals surface area contributed by atoms with Gasteiger partial charge in [0.05, 0.1) is 11.5 Å². The van der Waals surface area contributed by atoms with Crippen LogP contribution in [-0.4, -0.2) is 60.3 Å². The van der Waals surface area contributed by atoms with E-state index in [1.807, 2.05) is 40.9 Å². The number of carbonyl (C=O) groups is 2. The number of pyridine rings is 1. The first-order valence-corrected chi connectivity index (χ1v) is 11.7. The fraction of sp³-hybridized carbons (Fsp3) is 0.500. The average molecular weight is 453 g/mol. The number of halogens is 1. The second kappa shape index (κ2) is 9.49. The second-order valence-electron chi connectivity index (χ2n) is 9.59. The molecule has 2 aliphatic heterocycles. The number of hydrogen-bond donors (Lipinski definition) is 0. The summed E-state index contributed by atoms with van der Waals surface area (Å²) in [5.74, 6) is 0.744. The van der Waals surface area contributed by atoms with Crippen molar-refractivity contribution in [3.63, 3.8) is 0 Å². The Morgan fingerprint density at radius 3 is 2.58 bits per heavy atom. The van der Waals surface area contributed by atoms with Crippen LogP contribution in [0.15, 0.2) is 42.6 Å². The van der Waals surface area contributed by atoms with Gasteiger partial charge in [-0.1, -0.05) is 12.1 Å². The molecule has 2 fully saturated rings. The number of piperidine rings is 1. The Hall–Kier alpha value is -2.96. The normalized spacial score (nSPS) is 20.1. The first-order chi connectivity index (χ1) is 15.8. The predicted molar refractivity (Wildman–Crippen MR) is 126 cm³/mol. The van der Waals surface area contributed by atoms with E-state index in [0.29, 0.717) is 38.9 Å². The van der Waals surface area contributed by atoms with Gasteiger partial charge in [-0.05, 0) is 67.5 Å². The number of aromatic nitrogens is 1. The van der Waals surface area contributed by atoms with Crippen molar-refractivity contribution < 1.29 is 14.0 Å². The summed E-state index contributed by atoms with van der Waals surface area (Å²) in [5, 5.41) is 0. The molecule has 2 amide bonds. The van der Waals surface area contributed by atoms with Crippen molar-refractivity contribution in [1.82, 2.24) is 14.8 Å². The largest absolute Gasteiger partial charge is 0.363 e. The van der Waals surface area contributed by atoms with Crippen molar-refractivity contribution in [1.29, 1.82) is 0 Å². The molecule has 1 aromatic carbocycles. The van der Waals surface area contributed by atoms with E-state index in [9.17, 15) is 14.0 Å². The summed E-state index contributed by atoms with van der Waals surface area (Å²) in [6.45, 7) is 3.39. The zero-order valence-corrected chi connectivity index (χ0v) is 19.8. The number of likely N-dealkylation sites (tertiary alicyclic amines) is 2. The summed E-state index contributed by atoms with van der Waals surface area (Å²) in [6, 6.07) is 10.6. The van der Waals surface area contributed by atoms with Gasteiger partial charge in [0.1, 0.15) is 11.6 Å². The van der Waals surface area contributed by atoms with E-state index >= 15 is 0 Å². The molecular weight excluding hydrogens is 419 g/mol. The van der Waals surface area contributed by atoms with Crippen molar-refractivity contribution in [3.8, 4) is 0 Å². The maximum Gasteiger partial charge on any atom is 0.229 e. The van der Waals surface area contributed by atoms with E-state index in [4.69, 9.17) is 0 Å². The molecule has 0 unspecified atom stereocenters. The van der Waals surface area contributed by atoms with Crippen LogP contribution in [0.2, 0.25) is 0 Å². The summed E-state index contributed by atoms with van der Waals surface area (Å²) in [6.07, 6.45) is 5.33. The summed E-state index contributed by atoms with van der Waals surface area (Å²) in [4.78, 5) is 36.4. The number of benzene rings is 1. The Labute approximate surface area is 195 Å². The summed E-state index contributed by atoms with van der Waals surface area (Å²) in [7, 11) is 3.92. The summed E-state index contributed by atoms with van der Waals surface area (Å²) in [5.41, 5.74) is 1.29. The molecule has 0 aliphatic carbocycles. The molecule has 7 heteroatoms. The van der Waals surface area contributed by atoms with E-state index in [1.54, 1.807) is 19.2 Å². The minimum absolute atomic E-state index is 0.00872. The minimum atomic E-state index is -0.639. The number of carbonyl (C=O) groups excluding carboxylic acids is 2. The molecule has 1 atom stereocenters. The average Bonchev–Trinajstić information content (AvgIpc) is 3.29. The molecule has 2 saturated heterocycles. The van der Waals surface area contributed by atoms with Gasteiger partial charge in [-0.3, -0.25) is 9.59 Å². The van der Waals surface area contributed by atoms with Crippen molar-refractivity contribution in [2.75, 3.05) is 38.6 Å². The summed E-state index contributed by atoms with van der Waals surface area (Å²) < 4.78 is 13.9. The van der Waals surface area contributed by atoms with Gasteiger partial charge in [-0.25, -0.2) is 9.37 Å². The molecule has 2 aliphatic rings. The fourth-order valence-corrected chi connectivity index (χ4v) is 5.30. The molecule has 0 saturated carbocycles. The third-order valence-electron chi connectivity index (χ3n) is 7.18. The number of anilines is 1. The Bertz CT molecular complexity index is 1020. The van der Waals surface area contributed by atoms with E-state index in [-0.39, 0.29) is 23.7 Å². The highest BCUT2D eigenvalue weighted by Gasteiger charge is 2.46. The van der Waals surface area contributed by atoms with Crippen LogP contribution in [0, 0.1) is 11.2 Å². The molecule has 176 valence electrons. The fourth-order valence-electron chi connectivity index (χ4n) is 5.30. The Balaban J connectivity index is 1.64. The van der Waals surface area contributed by atoms with E-state index < -0.39 is 5.41 Å². The maximum absolute atomic E-state index is 14.2. The highest BCUT2D eigenvalue weighted by atomic mass is 19.1. The van der Waals surface area contributed by atoms with Crippen LogP contribution in [-0.2, 0) is 16.0 Å². The van der Waals surface area contributed by atoms with Crippen LogP contribution in [0.4, 0.5) is 10.2 Å². The lowest BCUT2D eigenvalue weighted by atomic mass is 9.72. The molecule has 4 rings (SSSR count). The predicted octanol–water partition coefficient (Wildman–Crippen LogP) is 3.82. The van der Waals surface area contributed by atoms with Crippen LogP contribution in [0.1, 0.15) is 49.8 Å². The summed E-state index contributed by atoms with van der Waals surface area (Å²) >= 11 is 0. The van der Waals surface area contributed by atoms with Crippen molar-refractivity contribution in [2.45, 2.75) is 45.1 Å². The van der Waals surface area contributed by atoms with Crippen LogP contribution < -0.4 is 4.90 Å². The standard InChI is InChI=1S/C26H33FN4O2/c1-19(32)30-14-10-26(11-15-30,18-20-6-4-7-22(27)16-20)25(33)31-13-5-8-23(31)21-9-12-28-24(17-21)29(2)3/h4,6-7,9,12,16-17,23H,5,8,10-11,13-15,18H2,1-3H3/t23-/m0/s1. The second-order valence-corrected chi connectivity index (χ2v) is 9.59. The zero-order valence-electron chi connectivity index (χ0n) is 19.8. The SMILES string of the molecule is CC(=O)N1CCC(Cc2cccc(F)c2)(C(=O)N2CCC[C@H]2c2ccnc(N(C)C)c2)CC1. The first-order valence-electron chi connectivity index (χ1n) is 11.7. The van der Waals surface area contributed by atoms with Gasteiger partial charge >= 0.3 is 0 Å². The zero-order chi connectivity index (χ0) is 23.6. The van der Waals surface area contributed by atoms with Gasteiger partial charge in [0.25, 0.3) is 0 Å². The molecule has 2 aromatic rings. The molecule has 0 N–H and O–H groups in total. The van der Waals surface area contributed by atoms with Gasteiger partial charge in [-0.2, -0.15) is 0 Å². The van der Waals surface area contributed by atoms with Gasteiger partial charge in [-0.15, -0.1) is 0 Å². The van der Waals surface area contributed by atoms with E-state index in [2.05, 4.69) is 11.1 Å². The van der Waals surface area contributed by atoms with Crippen molar-refractivity contribution >= 4 is 17.6 Å². The molecule has 0 radical (unpaired) electrons. The lowest BCUT2D eigenvalue weighted by molar-refractivity contribution is -0.149. The molecule has 3 heterocycles. The van der Waals surface area contributed by atoms with Gasteiger partial charge in [0.15, 0.2) is 0 Å². The van der Waals surface area contributed by atoms with Crippen LogP contribution in [0.5, 0.6) is 0 Å². The van der Waals surface area contributed by atoms with Crippen molar-refractivity contribution in [2.24, 2.45) is 5.41 Å². The third kappa shape index (κ3) is 4.87. The van der Waals surface area contributed by atoms with Gasteiger partial charge in [0.2, 0.25) is 11.8 Å². The maximum atomic E-state index is 14.2. The molecule has 1 aromatic heterocycles. The molecule has 0 spiro atoms. The van der Waals surface area contributed by atoms with Crippen molar-refractivity contribution in [3.05, 3.63) is 59.5 Å². The Kier molecular flexibility index (Phi) is 6.68. The van der Waals surface area contributed by atoms with Crippen LogP contribution >= 0.6 is 0 Å². The van der Waals surface area contributed by atoms with Gasteiger partial charge in [0, 0.05) is 46.9 Å². The number of rotatable bonds is 5. The highest BCUT2D eigenvalue weighted by molar-refractivity contribution is 5.84. The Morgan fingerprint density at radius 1 is 1.15 bits per heavy atom. The highest BCUT2D eigenvalue weighted by Crippen LogP contribution is 2.42. The monoisotopic (exact) mass is 452 g/mol. The smallest absolute Gasteiger partial charge is 0.229 e. The quantitative estimate of drug-likeness (QED) is 0.692. The van der Waals surface area contributed by atoms with Crippen LogP contribution in [0.25, 0.3) is 0 Å². The molecule has 0 bridgehead atoms. The molecule has 33 heavy (non-hydrogen) atoms. The number of nitrogens with zero attached hydrogens (tertiary/aromatic N) is 4. The lowest BCUT2D eigenvalue weighted by Gasteiger charge is -2.43. The minimum Gasteiger partial charge on any atom is -0.363 e. The lowest BCUT2D eigenvalue weighted by Crippen LogP contribution is -2.52. The first kappa shape index (κ1) is 23.2. The number of hydrogen-bond acceptors (Lipinski definition) is 4. The topological polar surface area (TPSA) is 56.8 Å².